The van der Waals surface area contributed by atoms with Gasteiger partial charge in [0.2, 0.25) is 0 Å². The first-order valence-electron chi connectivity index (χ1n) is 6.47. The third-order valence-electron chi connectivity index (χ3n) is 3.21. The van der Waals surface area contributed by atoms with Crippen LogP contribution < -0.4 is 5.32 Å². The summed E-state index contributed by atoms with van der Waals surface area (Å²) in [5.41, 5.74) is 3.35. The molecular weight excluding hydrogens is 357 g/mol. The lowest BCUT2D eigenvalue weighted by atomic mass is 9.98. The van der Waals surface area contributed by atoms with Crippen LogP contribution >= 0.6 is 39.1 Å². The Morgan fingerprint density at radius 1 is 1.05 bits per heavy atom. The lowest BCUT2D eigenvalue weighted by molar-refractivity contribution is 0.630. The molecule has 2 rings (SSSR count). The van der Waals surface area contributed by atoms with Crippen LogP contribution in [0.1, 0.15) is 29.7 Å². The van der Waals surface area contributed by atoms with Crippen LogP contribution in [-0.4, -0.2) is 6.54 Å². The number of hydrogen-bond donors (Lipinski definition) is 1. The highest BCUT2D eigenvalue weighted by Gasteiger charge is 2.15. The summed E-state index contributed by atoms with van der Waals surface area (Å²) >= 11 is 15.9. The molecule has 0 amide bonds. The molecule has 0 saturated heterocycles. The van der Waals surface area contributed by atoms with Crippen LogP contribution in [0.4, 0.5) is 0 Å². The van der Waals surface area contributed by atoms with E-state index in [4.69, 9.17) is 23.2 Å². The molecular formula is C16H16BrCl2N. The molecule has 2 aromatic carbocycles. The van der Waals surface area contributed by atoms with E-state index in [9.17, 15) is 0 Å². The van der Waals surface area contributed by atoms with Gasteiger partial charge in [-0.1, -0.05) is 48.3 Å². The van der Waals surface area contributed by atoms with Gasteiger partial charge in [0.05, 0.1) is 11.1 Å². The van der Waals surface area contributed by atoms with E-state index in [1.165, 1.54) is 0 Å². The SMILES string of the molecule is CCNC(c1ccc(C)c(Cl)c1)c1ccc(Br)c(Cl)c1. The van der Waals surface area contributed by atoms with Gasteiger partial charge in [-0.15, -0.1) is 0 Å². The summed E-state index contributed by atoms with van der Waals surface area (Å²) in [5.74, 6) is 0. The third-order valence-corrected chi connectivity index (χ3v) is 4.85. The van der Waals surface area contributed by atoms with Gasteiger partial charge in [-0.2, -0.15) is 0 Å². The topological polar surface area (TPSA) is 12.0 Å². The van der Waals surface area contributed by atoms with Crippen LogP contribution in [0.25, 0.3) is 0 Å². The first-order chi connectivity index (χ1) is 9.52. The summed E-state index contributed by atoms with van der Waals surface area (Å²) in [5, 5.41) is 4.97. The quantitative estimate of drug-likeness (QED) is 0.718. The molecule has 106 valence electrons. The second-order valence-electron chi connectivity index (χ2n) is 4.67. The highest BCUT2D eigenvalue weighted by molar-refractivity contribution is 9.10. The maximum absolute atomic E-state index is 6.24. The lowest BCUT2D eigenvalue weighted by Crippen LogP contribution is -2.22. The van der Waals surface area contributed by atoms with E-state index >= 15 is 0 Å². The van der Waals surface area contributed by atoms with Crippen molar-refractivity contribution in [2.45, 2.75) is 19.9 Å². The molecule has 2 aromatic rings. The summed E-state index contributed by atoms with van der Waals surface area (Å²) in [4.78, 5) is 0. The molecule has 1 N–H and O–H groups in total. The Morgan fingerprint density at radius 2 is 1.65 bits per heavy atom. The fourth-order valence-corrected chi connectivity index (χ4v) is 2.74. The molecule has 0 fully saturated rings. The fourth-order valence-electron chi connectivity index (χ4n) is 2.11. The van der Waals surface area contributed by atoms with Gasteiger partial charge >= 0.3 is 0 Å². The molecule has 1 atom stereocenters. The zero-order valence-corrected chi connectivity index (χ0v) is 14.5. The number of nitrogens with one attached hydrogen (secondary N) is 1. The first-order valence-corrected chi connectivity index (χ1v) is 8.02. The number of aryl methyl sites for hydroxylation is 1. The molecule has 1 unspecified atom stereocenters. The van der Waals surface area contributed by atoms with Crippen molar-refractivity contribution in [3.63, 3.8) is 0 Å². The van der Waals surface area contributed by atoms with Gasteiger partial charge < -0.3 is 5.32 Å². The standard InChI is InChI=1S/C16H16BrCl2N/c1-3-20-16(11-5-4-10(2)14(18)8-11)12-6-7-13(17)15(19)9-12/h4-9,16,20H,3H2,1-2H3. The fraction of sp³-hybridized carbons (Fsp3) is 0.250. The van der Waals surface area contributed by atoms with E-state index < -0.39 is 0 Å². The van der Waals surface area contributed by atoms with Gasteiger partial charge in [-0.3, -0.25) is 0 Å². The van der Waals surface area contributed by atoms with Crippen LogP contribution in [0.15, 0.2) is 40.9 Å². The van der Waals surface area contributed by atoms with E-state index in [0.717, 1.165) is 32.7 Å². The Bertz CT molecular complexity index is 562. The molecule has 0 aliphatic carbocycles. The van der Waals surface area contributed by atoms with Crippen LogP contribution in [0.5, 0.6) is 0 Å². The highest BCUT2D eigenvalue weighted by Crippen LogP contribution is 2.30. The maximum atomic E-state index is 6.24. The van der Waals surface area contributed by atoms with Crippen LogP contribution in [0.2, 0.25) is 10.0 Å². The largest absolute Gasteiger partial charge is 0.307 e. The Balaban J connectivity index is 2.44. The van der Waals surface area contributed by atoms with Gasteiger partial charge in [0.15, 0.2) is 0 Å². The molecule has 0 aromatic heterocycles. The van der Waals surface area contributed by atoms with Gasteiger partial charge in [0.25, 0.3) is 0 Å². The van der Waals surface area contributed by atoms with Gasteiger partial charge in [0, 0.05) is 9.50 Å². The zero-order valence-electron chi connectivity index (χ0n) is 11.4. The van der Waals surface area contributed by atoms with Crippen LogP contribution in [-0.2, 0) is 0 Å². The Labute approximate surface area is 138 Å². The molecule has 1 nitrogen and oxygen atoms in total. The minimum Gasteiger partial charge on any atom is -0.307 e. The van der Waals surface area contributed by atoms with Crippen LogP contribution in [0.3, 0.4) is 0 Å². The van der Waals surface area contributed by atoms with Crippen molar-refractivity contribution in [3.05, 3.63) is 67.6 Å². The smallest absolute Gasteiger partial charge is 0.0577 e. The van der Waals surface area contributed by atoms with Crippen molar-refractivity contribution < 1.29 is 0 Å². The zero-order chi connectivity index (χ0) is 14.7. The van der Waals surface area contributed by atoms with Gasteiger partial charge in [0.1, 0.15) is 0 Å². The Kier molecular flexibility index (Phi) is 5.50. The van der Waals surface area contributed by atoms with Crippen molar-refractivity contribution in [2.75, 3.05) is 6.54 Å². The molecule has 0 bridgehead atoms. The van der Waals surface area contributed by atoms with E-state index in [0.29, 0.717) is 5.02 Å². The summed E-state index contributed by atoms with van der Waals surface area (Å²) in [6.45, 7) is 4.96. The van der Waals surface area contributed by atoms with Crippen molar-refractivity contribution in [1.82, 2.24) is 5.32 Å². The Morgan fingerprint density at radius 3 is 2.20 bits per heavy atom. The first kappa shape index (κ1) is 15.8. The average molecular weight is 373 g/mol. The number of rotatable bonds is 4. The molecule has 0 aliphatic rings. The van der Waals surface area contributed by atoms with E-state index in [1.807, 2.05) is 31.2 Å². The van der Waals surface area contributed by atoms with E-state index in [2.05, 4.69) is 40.3 Å². The summed E-state index contributed by atoms with van der Waals surface area (Å²) in [6.07, 6.45) is 0. The van der Waals surface area contributed by atoms with Crippen LogP contribution in [0, 0.1) is 6.92 Å². The van der Waals surface area contributed by atoms with Gasteiger partial charge in [-0.05, 0) is 64.3 Å². The van der Waals surface area contributed by atoms with Crippen molar-refractivity contribution >= 4 is 39.1 Å². The number of benzene rings is 2. The molecule has 20 heavy (non-hydrogen) atoms. The predicted octanol–water partition coefficient (Wildman–Crippen LogP) is 5.76. The average Bonchev–Trinajstić information content (AvgIpc) is 2.43. The third kappa shape index (κ3) is 3.56. The van der Waals surface area contributed by atoms with E-state index in [-0.39, 0.29) is 6.04 Å². The minimum absolute atomic E-state index is 0.0868. The summed E-state index contributed by atoms with van der Waals surface area (Å²) in [7, 11) is 0. The lowest BCUT2D eigenvalue weighted by Gasteiger charge is -2.20. The van der Waals surface area contributed by atoms with E-state index in [1.54, 1.807) is 0 Å². The maximum Gasteiger partial charge on any atom is 0.0577 e. The molecule has 0 heterocycles. The Hall–Kier alpha value is -0.540. The summed E-state index contributed by atoms with van der Waals surface area (Å²) in [6, 6.07) is 12.3. The van der Waals surface area contributed by atoms with Gasteiger partial charge in [-0.25, -0.2) is 0 Å². The second kappa shape index (κ2) is 6.95. The monoisotopic (exact) mass is 371 g/mol. The minimum atomic E-state index is 0.0868. The van der Waals surface area contributed by atoms with Crippen molar-refractivity contribution in [1.29, 1.82) is 0 Å². The number of hydrogen-bond acceptors (Lipinski definition) is 1. The predicted molar refractivity (Wildman–Crippen MR) is 90.9 cm³/mol. The molecule has 0 radical (unpaired) electrons. The molecule has 0 aliphatic heterocycles. The van der Waals surface area contributed by atoms with Crippen molar-refractivity contribution in [3.8, 4) is 0 Å². The summed E-state index contributed by atoms with van der Waals surface area (Å²) < 4.78 is 0.903. The number of halogens is 3. The molecule has 0 saturated carbocycles. The normalized spacial score (nSPS) is 12.4. The van der Waals surface area contributed by atoms with Crippen molar-refractivity contribution in [2.24, 2.45) is 0 Å². The highest BCUT2D eigenvalue weighted by atomic mass is 79.9. The molecule has 4 heteroatoms. The second-order valence-corrected chi connectivity index (χ2v) is 6.34. The molecule has 0 spiro atoms.